The molecule has 2 N–H and O–H groups in total. The number of anilines is 2. The van der Waals surface area contributed by atoms with E-state index in [9.17, 15) is 4.39 Å². The van der Waals surface area contributed by atoms with Crippen LogP contribution in [0, 0.1) is 17.2 Å². The number of hydrogen-bond donors (Lipinski definition) is 2. The van der Waals surface area contributed by atoms with Crippen LogP contribution in [0.2, 0.25) is 0 Å². The van der Waals surface area contributed by atoms with Crippen molar-refractivity contribution in [2.45, 2.75) is 40.0 Å². The molecule has 4 nitrogen and oxygen atoms in total. The van der Waals surface area contributed by atoms with Gasteiger partial charge in [0, 0.05) is 13.1 Å². The number of halogens is 1. The molecular formula is C14H23FN4. The molecule has 0 aliphatic heterocycles. The summed E-state index contributed by atoms with van der Waals surface area (Å²) in [7, 11) is 0. The predicted molar refractivity (Wildman–Crippen MR) is 75.8 cm³/mol. The van der Waals surface area contributed by atoms with Crippen LogP contribution in [0.3, 0.4) is 0 Å². The first-order valence-electron chi connectivity index (χ1n) is 7.07. The van der Waals surface area contributed by atoms with E-state index < -0.39 is 0 Å². The van der Waals surface area contributed by atoms with E-state index in [0.717, 1.165) is 19.5 Å². The number of nitrogens with one attached hydrogen (secondary N) is 2. The second kappa shape index (κ2) is 5.72. The van der Waals surface area contributed by atoms with Gasteiger partial charge in [0.1, 0.15) is 0 Å². The minimum atomic E-state index is -0.387. The molecule has 19 heavy (non-hydrogen) atoms. The van der Waals surface area contributed by atoms with Gasteiger partial charge in [-0.15, -0.1) is 0 Å². The van der Waals surface area contributed by atoms with Crippen LogP contribution in [0.5, 0.6) is 0 Å². The van der Waals surface area contributed by atoms with Crippen LogP contribution < -0.4 is 10.6 Å². The first kappa shape index (κ1) is 14.0. The van der Waals surface area contributed by atoms with Gasteiger partial charge in [0.05, 0.1) is 6.20 Å². The highest BCUT2D eigenvalue weighted by atomic mass is 19.1. The Morgan fingerprint density at radius 1 is 1.37 bits per heavy atom. The van der Waals surface area contributed by atoms with Crippen molar-refractivity contribution in [1.29, 1.82) is 0 Å². The van der Waals surface area contributed by atoms with E-state index in [1.54, 1.807) is 0 Å². The van der Waals surface area contributed by atoms with E-state index in [0.29, 0.717) is 23.1 Å². The highest BCUT2D eigenvalue weighted by molar-refractivity contribution is 5.41. The van der Waals surface area contributed by atoms with Gasteiger partial charge in [-0.05, 0) is 30.6 Å². The van der Waals surface area contributed by atoms with Crippen molar-refractivity contribution in [3.8, 4) is 0 Å². The molecule has 106 valence electrons. The summed E-state index contributed by atoms with van der Waals surface area (Å²) in [6.45, 7) is 8.08. The molecule has 2 rings (SSSR count). The van der Waals surface area contributed by atoms with E-state index in [-0.39, 0.29) is 5.82 Å². The molecule has 0 bridgehead atoms. The van der Waals surface area contributed by atoms with Crippen LogP contribution in [0.25, 0.3) is 0 Å². The predicted octanol–water partition coefficient (Wildman–Crippen LogP) is 3.29. The van der Waals surface area contributed by atoms with E-state index in [1.165, 1.54) is 19.0 Å². The number of nitrogens with zero attached hydrogens (tertiary/aromatic N) is 2. The molecule has 1 aromatic heterocycles. The summed E-state index contributed by atoms with van der Waals surface area (Å²) in [5.74, 6) is 1.02. The Bertz CT molecular complexity index is 429. The van der Waals surface area contributed by atoms with E-state index >= 15 is 0 Å². The largest absolute Gasteiger partial charge is 0.367 e. The highest BCUT2D eigenvalue weighted by Crippen LogP contribution is 2.51. The summed E-state index contributed by atoms with van der Waals surface area (Å²) >= 11 is 0. The molecule has 0 spiro atoms. The van der Waals surface area contributed by atoms with Crippen LogP contribution in [-0.4, -0.2) is 23.1 Å². The molecule has 0 aromatic carbocycles. The number of rotatable bonds is 7. The summed E-state index contributed by atoms with van der Waals surface area (Å²) in [5, 5.41) is 6.22. The third-order valence-corrected chi connectivity index (χ3v) is 4.00. The highest BCUT2D eigenvalue weighted by Gasteiger charge is 2.45. The zero-order valence-corrected chi connectivity index (χ0v) is 12.0. The van der Waals surface area contributed by atoms with Gasteiger partial charge >= 0.3 is 0 Å². The molecule has 0 unspecified atom stereocenters. The smallest absolute Gasteiger partial charge is 0.224 e. The van der Waals surface area contributed by atoms with Gasteiger partial charge in [-0.3, -0.25) is 0 Å². The first-order valence-corrected chi connectivity index (χ1v) is 7.07. The van der Waals surface area contributed by atoms with Crippen molar-refractivity contribution in [3.05, 3.63) is 12.0 Å². The Balaban J connectivity index is 1.99. The SMILES string of the molecule is CCCNc1ncc(F)c(NCC2(C(C)C)CC2)n1. The molecule has 1 heterocycles. The normalized spacial score (nSPS) is 16.5. The second-order valence-corrected chi connectivity index (χ2v) is 5.69. The molecule has 0 atom stereocenters. The minimum Gasteiger partial charge on any atom is -0.367 e. The van der Waals surface area contributed by atoms with Gasteiger partial charge in [-0.1, -0.05) is 20.8 Å². The van der Waals surface area contributed by atoms with Gasteiger partial charge in [0.15, 0.2) is 11.6 Å². The number of aromatic nitrogens is 2. The fraction of sp³-hybridized carbons (Fsp3) is 0.714. The maximum Gasteiger partial charge on any atom is 0.224 e. The van der Waals surface area contributed by atoms with Crippen LogP contribution >= 0.6 is 0 Å². The van der Waals surface area contributed by atoms with Gasteiger partial charge < -0.3 is 10.6 Å². The second-order valence-electron chi connectivity index (χ2n) is 5.69. The molecular weight excluding hydrogens is 243 g/mol. The molecule has 1 saturated carbocycles. The minimum absolute atomic E-state index is 0.306. The summed E-state index contributed by atoms with van der Waals surface area (Å²) in [6.07, 6.45) is 4.64. The molecule has 5 heteroatoms. The first-order chi connectivity index (χ1) is 9.07. The van der Waals surface area contributed by atoms with Crippen molar-refractivity contribution in [3.63, 3.8) is 0 Å². The lowest BCUT2D eigenvalue weighted by Gasteiger charge is -2.20. The Hall–Kier alpha value is -1.39. The fourth-order valence-corrected chi connectivity index (χ4v) is 2.19. The number of hydrogen-bond acceptors (Lipinski definition) is 4. The lowest BCUT2D eigenvalue weighted by atomic mass is 9.92. The summed E-state index contributed by atoms with van der Waals surface area (Å²) in [4.78, 5) is 8.13. The monoisotopic (exact) mass is 266 g/mol. The molecule has 1 aliphatic carbocycles. The van der Waals surface area contributed by atoms with Crippen LogP contribution in [-0.2, 0) is 0 Å². The van der Waals surface area contributed by atoms with Crippen LogP contribution in [0.15, 0.2) is 6.20 Å². The Labute approximate surface area is 114 Å². The molecule has 0 saturated heterocycles. The summed E-state index contributed by atoms with van der Waals surface area (Å²) in [5.41, 5.74) is 0.328. The molecule has 1 fully saturated rings. The third-order valence-electron chi connectivity index (χ3n) is 4.00. The maximum atomic E-state index is 13.7. The standard InChI is InChI=1S/C14H23FN4/c1-4-7-16-13-17-8-11(15)12(19-13)18-9-14(5-6-14)10(2)3/h8,10H,4-7,9H2,1-3H3,(H2,16,17,18,19). The van der Waals surface area contributed by atoms with Gasteiger partial charge in [0.2, 0.25) is 5.95 Å². The van der Waals surface area contributed by atoms with Crippen molar-refractivity contribution < 1.29 is 4.39 Å². The maximum absolute atomic E-state index is 13.7. The van der Waals surface area contributed by atoms with Crippen LogP contribution in [0.4, 0.5) is 16.2 Å². The van der Waals surface area contributed by atoms with E-state index in [4.69, 9.17) is 0 Å². The Morgan fingerprint density at radius 2 is 2.11 bits per heavy atom. The Morgan fingerprint density at radius 3 is 2.68 bits per heavy atom. The van der Waals surface area contributed by atoms with Crippen molar-refractivity contribution in [1.82, 2.24) is 9.97 Å². The third kappa shape index (κ3) is 3.33. The van der Waals surface area contributed by atoms with Crippen molar-refractivity contribution >= 4 is 11.8 Å². The molecule has 0 radical (unpaired) electrons. The summed E-state index contributed by atoms with van der Waals surface area (Å²) < 4.78 is 13.7. The van der Waals surface area contributed by atoms with Crippen molar-refractivity contribution in [2.75, 3.05) is 23.7 Å². The molecule has 1 aromatic rings. The van der Waals surface area contributed by atoms with Crippen LogP contribution in [0.1, 0.15) is 40.0 Å². The zero-order valence-electron chi connectivity index (χ0n) is 12.0. The molecule has 1 aliphatic rings. The van der Waals surface area contributed by atoms with E-state index in [1.807, 2.05) is 0 Å². The van der Waals surface area contributed by atoms with E-state index in [2.05, 4.69) is 41.4 Å². The average Bonchev–Trinajstić information content (AvgIpc) is 3.17. The summed E-state index contributed by atoms with van der Waals surface area (Å²) in [6, 6.07) is 0. The quantitative estimate of drug-likeness (QED) is 0.795. The fourth-order valence-electron chi connectivity index (χ4n) is 2.19. The average molecular weight is 266 g/mol. The molecule has 0 amide bonds. The van der Waals surface area contributed by atoms with Gasteiger partial charge in [-0.2, -0.15) is 4.98 Å². The van der Waals surface area contributed by atoms with Crippen molar-refractivity contribution in [2.24, 2.45) is 11.3 Å². The zero-order chi connectivity index (χ0) is 13.9. The lowest BCUT2D eigenvalue weighted by Crippen LogP contribution is -2.22. The van der Waals surface area contributed by atoms with Gasteiger partial charge in [-0.25, -0.2) is 9.37 Å². The Kier molecular flexibility index (Phi) is 4.22. The topological polar surface area (TPSA) is 49.8 Å². The lowest BCUT2D eigenvalue weighted by molar-refractivity contribution is 0.379. The van der Waals surface area contributed by atoms with Gasteiger partial charge in [0.25, 0.3) is 0 Å².